The van der Waals surface area contributed by atoms with Crippen LogP contribution in [0.15, 0.2) is 28.7 Å². The number of hydrogen-bond donors (Lipinski definition) is 3. The van der Waals surface area contributed by atoms with Crippen LogP contribution in [-0.4, -0.2) is 56.2 Å². The molecule has 1 aromatic heterocycles. The number of aliphatic hydroxyl groups excluding tert-OH is 1. The van der Waals surface area contributed by atoms with Gasteiger partial charge in [0.1, 0.15) is 23.5 Å². The second kappa shape index (κ2) is 11.0. The Hall–Kier alpha value is -1.62. The van der Waals surface area contributed by atoms with E-state index >= 15 is 0 Å². The molecule has 7 nitrogen and oxygen atoms in total. The topological polar surface area (TPSA) is 105 Å². The molecule has 198 valence electrons. The normalized spacial score (nSPS) is 22.0. The SMILES string of the molecule is CC(C)(C)C1CCc2c(sc(NCC(O)COc3ccccc3Br)c2C(=O)NC2CCS(=O)(=O)C2)C1. The lowest BCUT2D eigenvalue weighted by atomic mass is 9.72. The second-order valence-electron chi connectivity index (χ2n) is 10.9. The van der Waals surface area contributed by atoms with Crippen molar-refractivity contribution in [2.45, 2.75) is 58.6 Å². The number of halogens is 1. The maximum atomic E-state index is 13.4. The molecule has 1 aromatic carbocycles. The molecule has 0 bridgehead atoms. The third kappa shape index (κ3) is 6.62. The molecule has 4 rings (SSSR count). The van der Waals surface area contributed by atoms with Crippen molar-refractivity contribution in [3.05, 3.63) is 44.7 Å². The van der Waals surface area contributed by atoms with Gasteiger partial charge in [-0.15, -0.1) is 11.3 Å². The summed E-state index contributed by atoms with van der Waals surface area (Å²) in [7, 11) is -3.09. The van der Waals surface area contributed by atoms with Crippen molar-refractivity contribution >= 4 is 48.0 Å². The van der Waals surface area contributed by atoms with Gasteiger partial charge in [-0.2, -0.15) is 0 Å². The molecular formula is C26H35BrN2O5S2. The van der Waals surface area contributed by atoms with Crippen molar-refractivity contribution in [2.75, 3.05) is 30.0 Å². The van der Waals surface area contributed by atoms with Crippen molar-refractivity contribution in [1.29, 1.82) is 0 Å². The number of hydrogen-bond acceptors (Lipinski definition) is 7. The van der Waals surface area contributed by atoms with Crippen LogP contribution in [0, 0.1) is 11.3 Å². The molecule has 2 aromatic rings. The number of ether oxygens (including phenoxy) is 1. The zero-order valence-electron chi connectivity index (χ0n) is 21.0. The Bertz CT molecular complexity index is 1210. The summed E-state index contributed by atoms with van der Waals surface area (Å²) in [5.74, 6) is 1.05. The molecule has 1 aliphatic carbocycles. The van der Waals surface area contributed by atoms with E-state index in [1.54, 1.807) is 11.3 Å². The van der Waals surface area contributed by atoms with Gasteiger partial charge in [0.05, 0.1) is 21.5 Å². The summed E-state index contributed by atoms with van der Waals surface area (Å²) in [6.07, 6.45) is 2.40. The smallest absolute Gasteiger partial charge is 0.254 e. The number of para-hydroxylation sites is 1. The summed E-state index contributed by atoms with van der Waals surface area (Å²) in [5, 5.41) is 17.6. The highest BCUT2D eigenvalue weighted by atomic mass is 79.9. The third-order valence-electron chi connectivity index (χ3n) is 7.05. The second-order valence-corrected chi connectivity index (χ2v) is 15.1. The van der Waals surface area contributed by atoms with Crippen molar-refractivity contribution in [3.63, 3.8) is 0 Å². The van der Waals surface area contributed by atoms with Crippen molar-refractivity contribution in [1.82, 2.24) is 5.32 Å². The first-order valence-corrected chi connectivity index (χ1v) is 15.8. The molecule has 1 aliphatic heterocycles. The van der Waals surface area contributed by atoms with Crippen molar-refractivity contribution in [3.8, 4) is 5.75 Å². The molecule has 0 spiro atoms. The number of thiophene rings is 1. The van der Waals surface area contributed by atoms with E-state index in [0.717, 1.165) is 34.3 Å². The fourth-order valence-corrected chi connectivity index (χ4v) is 8.28. The number of benzene rings is 1. The fourth-order valence-electron chi connectivity index (χ4n) is 4.87. The summed E-state index contributed by atoms with van der Waals surface area (Å²) in [4.78, 5) is 14.6. The van der Waals surface area contributed by atoms with E-state index in [-0.39, 0.29) is 42.0 Å². The summed E-state index contributed by atoms with van der Waals surface area (Å²) in [6, 6.07) is 7.11. The Morgan fingerprint density at radius 3 is 2.69 bits per heavy atom. The third-order valence-corrected chi connectivity index (χ3v) is 10.7. The largest absolute Gasteiger partial charge is 0.490 e. The minimum atomic E-state index is -3.09. The molecule has 3 unspecified atom stereocenters. The molecule has 0 radical (unpaired) electrons. The van der Waals surface area contributed by atoms with Gasteiger partial charge in [0.25, 0.3) is 5.91 Å². The number of aliphatic hydroxyl groups is 1. The van der Waals surface area contributed by atoms with Gasteiger partial charge in [0.15, 0.2) is 9.84 Å². The summed E-state index contributed by atoms with van der Waals surface area (Å²) in [6.45, 7) is 7.10. The van der Waals surface area contributed by atoms with Gasteiger partial charge in [0.2, 0.25) is 0 Å². The number of fused-ring (bicyclic) bond motifs is 1. The van der Waals surface area contributed by atoms with Crippen LogP contribution in [0.5, 0.6) is 5.75 Å². The van der Waals surface area contributed by atoms with Gasteiger partial charge >= 0.3 is 0 Å². The number of amides is 1. The fraction of sp³-hybridized carbons (Fsp3) is 0.577. The lowest BCUT2D eigenvalue weighted by molar-refractivity contribution is 0.0940. The van der Waals surface area contributed by atoms with E-state index in [9.17, 15) is 18.3 Å². The zero-order valence-corrected chi connectivity index (χ0v) is 24.2. The zero-order chi connectivity index (χ0) is 26.1. The van der Waals surface area contributed by atoms with E-state index in [2.05, 4.69) is 47.3 Å². The highest BCUT2D eigenvalue weighted by molar-refractivity contribution is 9.10. The van der Waals surface area contributed by atoms with Crippen LogP contribution in [-0.2, 0) is 22.7 Å². The van der Waals surface area contributed by atoms with Crippen LogP contribution in [0.4, 0.5) is 5.00 Å². The molecule has 1 saturated heterocycles. The van der Waals surface area contributed by atoms with Crippen LogP contribution >= 0.6 is 27.3 Å². The molecule has 10 heteroatoms. The minimum Gasteiger partial charge on any atom is -0.490 e. The van der Waals surface area contributed by atoms with Gasteiger partial charge in [-0.05, 0) is 70.6 Å². The monoisotopic (exact) mass is 598 g/mol. The average Bonchev–Trinajstić information content (AvgIpc) is 3.34. The van der Waals surface area contributed by atoms with Gasteiger partial charge < -0.3 is 20.5 Å². The molecule has 3 atom stereocenters. The van der Waals surface area contributed by atoms with Gasteiger partial charge in [0, 0.05) is 17.5 Å². The maximum absolute atomic E-state index is 13.4. The predicted octanol–water partition coefficient (Wildman–Crippen LogP) is 4.43. The molecule has 2 aliphatic rings. The van der Waals surface area contributed by atoms with E-state index in [1.807, 2.05) is 24.3 Å². The number of nitrogens with one attached hydrogen (secondary N) is 2. The van der Waals surface area contributed by atoms with Gasteiger partial charge in [-0.25, -0.2) is 8.42 Å². The average molecular weight is 600 g/mol. The van der Waals surface area contributed by atoms with E-state index in [0.29, 0.717) is 23.7 Å². The minimum absolute atomic E-state index is 0.00890. The number of carbonyl (C=O) groups excluding carboxylic acids is 1. The number of carbonyl (C=O) groups is 1. The maximum Gasteiger partial charge on any atom is 0.254 e. The first-order chi connectivity index (χ1) is 16.9. The van der Waals surface area contributed by atoms with E-state index in [4.69, 9.17) is 4.74 Å². The Kier molecular flexibility index (Phi) is 8.38. The first kappa shape index (κ1) is 27.4. The Morgan fingerprint density at radius 1 is 1.28 bits per heavy atom. The number of sulfone groups is 1. The van der Waals surface area contributed by atoms with Crippen LogP contribution in [0.25, 0.3) is 0 Å². The van der Waals surface area contributed by atoms with Crippen molar-refractivity contribution in [2.24, 2.45) is 11.3 Å². The molecule has 1 amide bonds. The van der Waals surface area contributed by atoms with Crippen molar-refractivity contribution < 1.29 is 23.1 Å². The lowest BCUT2D eigenvalue weighted by Crippen LogP contribution is -2.36. The summed E-state index contributed by atoms with van der Waals surface area (Å²) < 4.78 is 30.3. The summed E-state index contributed by atoms with van der Waals surface area (Å²) >= 11 is 5.02. The highest BCUT2D eigenvalue weighted by Gasteiger charge is 2.35. The van der Waals surface area contributed by atoms with Crippen LogP contribution in [0.2, 0.25) is 0 Å². The number of anilines is 1. The molecule has 0 saturated carbocycles. The summed E-state index contributed by atoms with van der Waals surface area (Å²) in [5.41, 5.74) is 1.83. The standard InChI is InChI=1S/C26H35BrN2O5S2/c1-26(2,3)16-8-9-19-22(12-16)35-25(23(19)24(31)29-17-10-11-36(32,33)15-17)28-13-18(30)14-34-21-7-5-4-6-20(21)27/h4-7,16-18,28,30H,8-15H2,1-3H3,(H,29,31). The predicted molar refractivity (Wildman–Crippen MR) is 148 cm³/mol. The number of rotatable bonds is 8. The van der Waals surface area contributed by atoms with Crippen LogP contribution in [0.3, 0.4) is 0 Å². The van der Waals surface area contributed by atoms with Gasteiger partial charge in [-0.3, -0.25) is 4.79 Å². The van der Waals surface area contributed by atoms with E-state index < -0.39 is 15.9 Å². The highest BCUT2D eigenvalue weighted by Crippen LogP contribution is 2.44. The Labute approximate surface area is 226 Å². The molecule has 36 heavy (non-hydrogen) atoms. The van der Waals surface area contributed by atoms with E-state index in [1.165, 1.54) is 4.88 Å². The molecular weight excluding hydrogens is 564 g/mol. The Morgan fingerprint density at radius 2 is 2.03 bits per heavy atom. The quantitative estimate of drug-likeness (QED) is 0.415. The lowest BCUT2D eigenvalue weighted by Gasteiger charge is -2.33. The van der Waals surface area contributed by atoms with Crippen LogP contribution in [0.1, 0.15) is 54.4 Å². The Balaban J connectivity index is 1.49. The molecule has 3 N–H and O–H groups in total. The first-order valence-electron chi connectivity index (χ1n) is 12.4. The molecule has 2 heterocycles. The molecule has 1 fully saturated rings. The van der Waals surface area contributed by atoms with Crippen LogP contribution < -0.4 is 15.4 Å². The van der Waals surface area contributed by atoms with Gasteiger partial charge in [-0.1, -0.05) is 32.9 Å².